The quantitative estimate of drug-likeness (QED) is 0.479. The summed E-state index contributed by atoms with van der Waals surface area (Å²) in [6.07, 6.45) is 0.445. The molecule has 0 spiro atoms. The number of nitro groups is 1. The van der Waals surface area contributed by atoms with Crippen LogP contribution in [0.25, 0.3) is 11.1 Å². The Bertz CT molecular complexity index is 671. The van der Waals surface area contributed by atoms with Crippen molar-refractivity contribution in [2.75, 3.05) is 0 Å². The number of nitrogens with zero attached hydrogens (tertiary/aromatic N) is 1. The van der Waals surface area contributed by atoms with Crippen molar-refractivity contribution in [2.24, 2.45) is 0 Å². The number of carbonyl (C=O) groups is 1. The third kappa shape index (κ3) is 2.59. The van der Waals surface area contributed by atoms with Gasteiger partial charge >= 0.3 is 0 Å². The van der Waals surface area contributed by atoms with Crippen LogP contribution in [0.15, 0.2) is 36.4 Å². The summed E-state index contributed by atoms with van der Waals surface area (Å²) in [4.78, 5) is 21.0. The molecule has 0 aliphatic heterocycles. The van der Waals surface area contributed by atoms with E-state index >= 15 is 0 Å². The Kier molecular flexibility index (Phi) is 3.83. The van der Waals surface area contributed by atoms with Gasteiger partial charge in [-0.05, 0) is 23.8 Å². The largest absolute Gasteiger partial charge is 0.298 e. The van der Waals surface area contributed by atoms with Crippen molar-refractivity contribution in [3.63, 3.8) is 0 Å². The van der Waals surface area contributed by atoms with Gasteiger partial charge in [-0.2, -0.15) is 0 Å². The Morgan fingerprint density at radius 2 is 1.89 bits per heavy atom. The van der Waals surface area contributed by atoms with Gasteiger partial charge in [-0.25, -0.2) is 0 Å². The van der Waals surface area contributed by atoms with Gasteiger partial charge < -0.3 is 0 Å². The van der Waals surface area contributed by atoms with Gasteiger partial charge in [-0.1, -0.05) is 35.3 Å². The normalized spacial score (nSPS) is 10.2. The average molecular weight is 296 g/mol. The first-order valence-corrected chi connectivity index (χ1v) is 5.98. The molecule has 2 rings (SSSR count). The zero-order valence-corrected chi connectivity index (χ0v) is 11.0. The fourth-order valence-electron chi connectivity index (χ4n) is 1.71. The topological polar surface area (TPSA) is 60.2 Å². The van der Waals surface area contributed by atoms with E-state index in [2.05, 4.69) is 0 Å². The van der Waals surface area contributed by atoms with Crippen molar-refractivity contribution in [1.29, 1.82) is 0 Å². The second kappa shape index (κ2) is 5.38. The number of benzene rings is 2. The van der Waals surface area contributed by atoms with Crippen molar-refractivity contribution in [3.8, 4) is 11.1 Å². The van der Waals surface area contributed by atoms with Crippen molar-refractivity contribution < 1.29 is 9.72 Å². The van der Waals surface area contributed by atoms with Crippen LogP contribution in [-0.4, -0.2) is 11.2 Å². The third-order valence-corrected chi connectivity index (χ3v) is 3.43. The molecular weight excluding hydrogens is 289 g/mol. The molecule has 0 fully saturated rings. The summed E-state index contributed by atoms with van der Waals surface area (Å²) in [6.45, 7) is 0. The predicted octanol–water partition coefficient (Wildman–Crippen LogP) is 4.38. The molecule has 0 amide bonds. The second-order valence-electron chi connectivity index (χ2n) is 3.75. The molecule has 0 bridgehead atoms. The van der Waals surface area contributed by atoms with Crippen LogP contribution in [0, 0.1) is 10.1 Å². The molecule has 0 aromatic heterocycles. The first-order valence-electron chi connectivity index (χ1n) is 5.22. The van der Waals surface area contributed by atoms with Crippen LogP contribution in [0.5, 0.6) is 0 Å². The van der Waals surface area contributed by atoms with E-state index in [1.165, 1.54) is 18.2 Å². The molecule has 0 heterocycles. The Labute approximate surface area is 118 Å². The van der Waals surface area contributed by atoms with E-state index in [-0.39, 0.29) is 11.3 Å². The van der Waals surface area contributed by atoms with E-state index in [9.17, 15) is 14.9 Å². The van der Waals surface area contributed by atoms with Gasteiger partial charge in [-0.3, -0.25) is 14.9 Å². The SMILES string of the molecule is O=Cc1cc(-c2cccc(Cl)c2Cl)ccc1[N+](=O)[O-]. The van der Waals surface area contributed by atoms with E-state index in [4.69, 9.17) is 23.2 Å². The van der Waals surface area contributed by atoms with E-state index in [1.54, 1.807) is 18.2 Å². The molecule has 0 radical (unpaired) electrons. The first-order chi connectivity index (χ1) is 9.04. The Hall–Kier alpha value is -1.91. The second-order valence-corrected chi connectivity index (χ2v) is 4.54. The molecule has 0 saturated carbocycles. The molecule has 0 aliphatic rings. The fourth-order valence-corrected chi connectivity index (χ4v) is 2.12. The van der Waals surface area contributed by atoms with Gasteiger partial charge in [0.1, 0.15) is 0 Å². The van der Waals surface area contributed by atoms with E-state index in [0.29, 0.717) is 27.5 Å². The van der Waals surface area contributed by atoms with Gasteiger partial charge in [0.05, 0.1) is 20.5 Å². The predicted molar refractivity (Wildman–Crippen MR) is 73.9 cm³/mol. The summed E-state index contributed by atoms with van der Waals surface area (Å²) in [6, 6.07) is 9.30. The van der Waals surface area contributed by atoms with Gasteiger partial charge in [-0.15, -0.1) is 0 Å². The fraction of sp³-hybridized carbons (Fsp3) is 0. The van der Waals surface area contributed by atoms with Crippen molar-refractivity contribution in [3.05, 3.63) is 62.1 Å². The Balaban J connectivity index is 2.61. The number of halogens is 2. The maximum Gasteiger partial charge on any atom is 0.279 e. The lowest BCUT2D eigenvalue weighted by atomic mass is 10.0. The molecule has 0 atom stereocenters. The number of rotatable bonds is 3. The van der Waals surface area contributed by atoms with Gasteiger partial charge in [0.15, 0.2) is 6.29 Å². The van der Waals surface area contributed by atoms with Gasteiger partial charge in [0, 0.05) is 11.6 Å². The molecule has 0 saturated heterocycles. The summed E-state index contributed by atoms with van der Waals surface area (Å²) in [5.41, 5.74) is 0.975. The number of nitro benzene ring substituents is 1. The summed E-state index contributed by atoms with van der Waals surface area (Å²) in [7, 11) is 0. The lowest BCUT2D eigenvalue weighted by Crippen LogP contribution is -1.94. The molecule has 0 unspecified atom stereocenters. The first kappa shape index (κ1) is 13.5. The van der Waals surface area contributed by atoms with Crippen LogP contribution in [0.3, 0.4) is 0 Å². The highest BCUT2D eigenvalue weighted by Gasteiger charge is 2.15. The maximum absolute atomic E-state index is 10.9. The van der Waals surface area contributed by atoms with Crippen LogP contribution < -0.4 is 0 Å². The van der Waals surface area contributed by atoms with Crippen LogP contribution in [0.2, 0.25) is 10.0 Å². The summed E-state index contributed by atoms with van der Waals surface area (Å²) >= 11 is 12.0. The zero-order chi connectivity index (χ0) is 14.0. The number of hydrogen-bond acceptors (Lipinski definition) is 3. The summed E-state index contributed by atoms with van der Waals surface area (Å²) in [5.74, 6) is 0. The lowest BCUT2D eigenvalue weighted by Gasteiger charge is -2.06. The molecule has 19 heavy (non-hydrogen) atoms. The molecule has 0 aliphatic carbocycles. The summed E-state index contributed by atoms with van der Waals surface area (Å²) in [5, 5.41) is 11.5. The molecule has 2 aromatic rings. The molecule has 6 heteroatoms. The highest BCUT2D eigenvalue weighted by atomic mass is 35.5. The van der Waals surface area contributed by atoms with Crippen LogP contribution in [0.1, 0.15) is 10.4 Å². The van der Waals surface area contributed by atoms with Crippen molar-refractivity contribution in [2.45, 2.75) is 0 Å². The van der Waals surface area contributed by atoms with E-state index in [1.807, 2.05) is 0 Å². The third-order valence-electron chi connectivity index (χ3n) is 2.61. The maximum atomic E-state index is 10.9. The standard InChI is InChI=1S/C13H7Cl2NO3/c14-11-3-1-2-10(13(11)15)8-4-5-12(16(18)19)9(6-8)7-17/h1-7H. The molecule has 4 nitrogen and oxygen atoms in total. The number of carbonyl (C=O) groups excluding carboxylic acids is 1. The van der Waals surface area contributed by atoms with Crippen molar-refractivity contribution in [1.82, 2.24) is 0 Å². The summed E-state index contributed by atoms with van der Waals surface area (Å²) < 4.78 is 0. The minimum atomic E-state index is -0.604. The van der Waals surface area contributed by atoms with Crippen molar-refractivity contribution >= 4 is 35.2 Å². The Morgan fingerprint density at radius 1 is 1.16 bits per heavy atom. The highest BCUT2D eigenvalue weighted by molar-refractivity contribution is 6.43. The molecule has 2 aromatic carbocycles. The molecule has 96 valence electrons. The smallest absolute Gasteiger partial charge is 0.279 e. The number of aldehydes is 1. The molecular formula is C13H7Cl2NO3. The zero-order valence-electron chi connectivity index (χ0n) is 9.47. The van der Waals surface area contributed by atoms with Crippen LogP contribution in [0.4, 0.5) is 5.69 Å². The monoisotopic (exact) mass is 295 g/mol. The minimum absolute atomic E-state index is 0.00135. The van der Waals surface area contributed by atoms with Gasteiger partial charge in [0.2, 0.25) is 0 Å². The van der Waals surface area contributed by atoms with E-state index in [0.717, 1.165) is 0 Å². The molecule has 0 N–H and O–H groups in total. The lowest BCUT2D eigenvalue weighted by molar-refractivity contribution is -0.385. The minimum Gasteiger partial charge on any atom is -0.298 e. The van der Waals surface area contributed by atoms with Crippen LogP contribution in [-0.2, 0) is 0 Å². The Morgan fingerprint density at radius 3 is 2.53 bits per heavy atom. The average Bonchev–Trinajstić information content (AvgIpc) is 2.41. The van der Waals surface area contributed by atoms with E-state index < -0.39 is 4.92 Å². The van der Waals surface area contributed by atoms with Gasteiger partial charge in [0.25, 0.3) is 5.69 Å². The highest BCUT2D eigenvalue weighted by Crippen LogP contribution is 2.34. The van der Waals surface area contributed by atoms with Crippen LogP contribution >= 0.6 is 23.2 Å². The number of hydrogen-bond donors (Lipinski definition) is 0.